The Hall–Kier alpha value is -1.65. The van der Waals surface area contributed by atoms with Crippen LogP contribution in [-0.4, -0.2) is 18.3 Å². The molecule has 4 aliphatic rings. The zero-order valence-electron chi connectivity index (χ0n) is 18.6. The lowest BCUT2D eigenvalue weighted by molar-refractivity contribution is 0.00578. The monoisotopic (exact) mass is 406 g/mol. The van der Waals surface area contributed by atoms with Crippen LogP contribution in [0.25, 0.3) is 0 Å². The van der Waals surface area contributed by atoms with E-state index in [2.05, 4.69) is 52.0 Å². The molecule has 1 heterocycles. The van der Waals surface area contributed by atoms with Gasteiger partial charge in [-0.25, -0.2) is 4.39 Å². The van der Waals surface area contributed by atoms with Gasteiger partial charge in [0.2, 0.25) is 0 Å². The van der Waals surface area contributed by atoms with Gasteiger partial charge in [-0.3, -0.25) is 0 Å². The van der Waals surface area contributed by atoms with Crippen LogP contribution in [0.1, 0.15) is 77.3 Å². The minimum absolute atomic E-state index is 0.141. The van der Waals surface area contributed by atoms with Crippen LogP contribution in [0.15, 0.2) is 48.5 Å². The molecular weight excluding hydrogens is 374 g/mol. The summed E-state index contributed by atoms with van der Waals surface area (Å²) >= 11 is 0. The maximum atomic E-state index is 13.4. The fourth-order valence-electron chi connectivity index (χ4n) is 5.83. The molecule has 3 aliphatic carbocycles. The highest BCUT2D eigenvalue weighted by atomic mass is 19.1. The molecule has 4 fully saturated rings. The molecule has 1 saturated heterocycles. The smallest absolute Gasteiger partial charge is 0.399 e. The molecule has 30 heavy (non-hydrogen) atoms. The van der Waals surface area contributed by atoms with Gasteiger partial charge in [0, 0.05) is 0 Å². The van der Waals surface area contributed by atoms with Gasteiger partial charge < -0.3 is 9.31 Å². The molecule has 0 atom stereocenters. The van der Waals surface area contributed by atoms with Crippen LogP contribution in [0.2, 0.25) is 0 Å². The Labute approximate surface area is 180 Å². The second kappa shape index (κ2) is 6.67. The summed E-state index contributed by atoms with van der Waals surface area (Å²) in [5, 5.41) is 0. The van der Waals surface area contributed by atoms with Crippen molar-refractivity contribution in [3.8, 4) is 0 Å². The van der Waals surface area contributed by atoms with Crippen molar-refractivity contribution < 1.29 is 13.7 Å². The molecule has 2 bridgehead atoms. The molecule has 1 aliphatic heterocycles. The maximum Gasteiger partial charge on any atom is 0.494 e. The first-order chi connectivity index (χ1) is 14.1. The third kappa shape index (κ3) is 3.06. The van der Waals surface area contributed by atoms with E-state index in [4.69, 9.17) is 9.31 Å². The van der Waals surface area contributed by atoms with Crippen molar-refractivity contribution in [3.05, 3.63) is 65.5 Å². The number of halogens is 1. The van der Waals surface area contributed by atoms with Crippen molar-refractivity contribution in [1.82, 2.24) is 0 Å². The molecule has 0 N–H and O–H groups in total. The van der Waals surface area contributed by atoms with Crippen molar-refractivity contribution in [2.75, 3.05) is 0 Å². The second-order valence-electron chi connectivity index (χ2n) is 10.8. The molecule has 0 radical (unpaired) electrons. The summed E-state index contributed by atoms with van der Waals surface area (Å²) in [6, 6.07) is 16.3. The van der Waals surface area contributed by atoms with Gasteiger partial charge >= 0.3 is 7.12 Å². The minimum Gasteiger partial charge on any atom is -0.399 e. The zero-order chi connectivity index (χ0) is 21.2. The average molecular weight is 406 g/mol. The summed E-state index contributed by atoms with van der Waals surface area (Å²) in [6.45, 7) is 8.38. The Morgan fingerprint density at radius 2 is 1.00 bits per heavy atom. The molecule has 4 heteroatoms. The minimum atomic E-state index is -0.314. The quantitative estimate of drug-likeness (QED) is 0.612. The highest BCUT2D eigenvalue weighted by molar-refractivity contribution is 6.62. The Morgan fingerprint density at radius 3 is 1.40 bits per heavy atom. The Kier molecular flexibility index (Phi) is 4.51. The topological polar surface area (TPSA) is 18.5 Å². The molecule has 2 aromatic rings. The zero-order valence-corrected chi connectivity index (χ0v) is 18.6. The van der Waals surface area contributed by atoms with Crippen molar-refractivity contribution in [3.63, 3.8) is 0 Å². The summed E-state index contributed by atoms with van der Waals surface area (Å²) in [5.74, 6) is -0.141. The van der Waals surface area contributed by atoms with Crippen LogP contribution < -0.4 is 5.46 Å². The van der Waals surface area contributed by atoms with Gasteiger partial charge in [0.05, 0.1) is 11.2 Å². The van der Waals surface area contributed by atoms with Crippen molar-refractivity contribution in [1.29, 1.82) is 0 Å². The number of hydrogen-bond donors (Lipinski definition) is 0. The second-order valence-corrected chi connectivity index (χ2v) is 10.8. The highest BCUT2D eigenvalue weighted by Gasteiger charge is 2.52. The van der Waals surface area contributed by atoms with E-state index in [0.717, 1.165) is 5.46 Å². The van der Waals surface area contributed by atoms with Crippen LogP contribution in [0.4, 0.5) is 4.39 Å². The van der Waals surface area contributed by atoms with E-state index >= 15 is 0 Å². The van der Waals surface area contributed by atoms with Crippen LogP contribution in [0.3, 0.4) is 0 Å². The van der Waals surface area contributed by atoms with E-state index in [0.29, 0.717) is 0 Å². The number of rotatable bonds is 3. The van der Waals surface area contributed by atoms with Gasteiger partial charge in [-0.2, -0.15) is 0 Å². The summed E-state index contributed by atoms with van der Waals surface area (Å²) in [7, 11) is -0.301. The Balaban J connectivity index is 1.33. The number of fused-ring (bicyclic) bond motifs is 3. The number of hydrogen-bond acceptors (Lipinski definition) is 2. The van der Waals surface area contributed by atoms with Gasteiger partial charge in [-0.05, 0) is 106 Å². The molecule has 2 aromatic carbocycles. The largest absolute Gasteiger partial charge is 0.494 e. The molecule has 158 valence electrons. The van der Waals surface area contributed by atoms with E-state index in [1.165, 1.54) is 49.7 Å². The third-order valence-corrected chi connectivity index (χ3v) is 8.75. The van der Waals surface area contributed by atoms with Crippen molar-refractivity contribution in [2.24, 2.45) is 0 Å². The fraction of sp³-hybridized carbons (Fsp3) is 0.538. The van der Waals surface area contributed by atoms with Crippen LogP contribution >= 0.6 is 0 Å². The standard InChI is InChI=1S/C26H32BFO2/c1-23(2)24(3,4)30-27(29-23)21-9-5-19(6-10-21)25-13-16-26(17-14-25,18-15-25)20-7-11-22(28)12-8-20/h5-12H,13-18H2,1-4H3. The van der Waals surface area contributed by atoms with Gasteiger partial charge in [-0.15, -0.1) is 0 Å². The van der Waals surface area contributed by atoms with Gasteiger partial charge in [-0.1, -0.05) is 36.4 Å². The molecule has 0 amide bonds. The summed E-state index contributed by atoms with van der Waals surface area (Å²) < 4.78 is 25.8. The number of benzene rings is 2. The Bertz CT molecular complexity index is 892. The van der Waals surface area contributed by atoms with E-state index < -0.39 is 0 Å². The first-order valence-corrected chi connectivity index (χ1v) is 11.4. The van der Waals surface area contributed by atoms with Crippen LogP contribution in [-0.2, 0) is 20.1 Å². The molecule has 3 saturated carbocycles. The molecular formula is C26H32BFO2. The molecule has 0 aromatic heterocycles. The molecule has 6 rings (SSSR count). The normalized spacial score (nSPS) is 31.8. The first-order valence-electron chi connectivity index (χ1n) is 11.4. The molecule has 0 unspecified atom stereocenters. The van der Waals surface area contributed by atoms with Crippen LogP contribution in [0.5, 0.6) is 0 Å². The lowest BCUT2D eigenvalue weighted by atomic mass is 9.50. The lowest BCUT2D eigenvalue weighted by Crippen LogP contribution is -2.46. The average Bonchev–Trinajstić information content (AvgIpc) is 2.97. The van der Waals surface area contributed by atoms with Gasteiger partial charge in [0.15, 0.2) is 0 Å². The predicted octanol–water partition coefficient (Wildman–Crippen LogP) is 5.67. The summed E-state index contributed by atoms with van der Waals surface area (Å²) in [4.78, 5) is 0. The van der Waals surface area contributed by atoms with E-state index in [1.54, 1.807) is 12.1 Å². The van der Waals surface area contributed by atoms with Crippen molar-refractivity contribution >= 4 is 12.6 Å². The maximum absolute atomic E-state index is 13.4. The van der Waals surface area contributed by atoms with E-state index in [9.17, 15) is 4.39 Å². The molecule has 0 spiro atoms. The first kappa shape index (κ1) is 20.3. The van der Waals surface area contributed by atoms with Gasteiger partial charge in [0.25, 0.3) is 0 Å². The fourth-order valence-corrected chi connectivity index (χ4v) is 5.83. The third-order valence-electron chi connectivity index (χ3n) is 8.75. The highest BCUT2D eigenvalue weighted by Crippen LogP contribution is 2.58. The Morgan fingerprint density at radius 1 is 0.633 bits per heavy atom. The molecule has 2 nitrogen and oxygen atoms in total. The SMILES string of the molecule is CC1(C)OB(c2ccc(C34CCC(c5ccc(F)cc5)(CC3)CC4)cc2)OC1(C)C. The lowest BCUT2D eigenvalue weighted by Gasteiger charge is -2.54. The summed E-state index contributed by atoms with van der Waals surface area (Å²) in [5.41, 5.74) is 3.79. The van der Waals surface area contributed by atoms with Gasteiger partial charge in [0.1, 0.15) is 5.82 Å². The van der Waals surface area contributed by atoms with Crippen LogP contribution in [0, 0.1) is 5.82 Å². The van der Waals surface area contributed by atoms with E-state index in [1.807, 2.05) is 12.1 Å². The predicted molar refractivity (Wildman–Crippen MR) is 120 cm³/mol. The van der Waals surface area contributed by atoms with E-state index in [-0.39, 0.29) is 35.0 Å². The van der Waals surface area contributed by atoms with Crippen molar-refractivity contribution in [2.45, 2.75) is 88.3 Å². The summed E-state index contributed by atoms with van der Waals surface area (Å²) in [6.07, 6.45) is 7.20.